The Hall–Kier alpha value is -1.24. The van der Waals surface area contributed by atoms with Gasteiger partial charge >= 0.3 is 0 Å². The fraction of sp³-hybridized carbons (Fsp3) is 0.500. The van der Waals surface area contributed by atoms with Crippen LogP contribution in [0.3, 0.4) is 0 Å². The average Bonchev–Trinajstić information content (AvgIpc) is 3.22. The Balaban J connectivity index is 1.88. The summed E-state index contributed by atoms with van der Waals surface area (Å²) in [7, 11) is -3.53. The number of sulfonamides is 1. The van der Waals surface area contributed by atoms with Crippen LogP contribution in [-0.2, 0) is 10.0 Å². The fourth-order valence-corrected chi connectivity index (χ4v) is 2.97. The molecule has 0 aliphatic heterocycles. The van der Waals surface area contributed by atoms with Crippen molar-refractivity contribution in [1.29, 1.82) is 0 Å². The summed E-state index contributed by atoms with van der Waals surface area (Å²) in [6.45, 7) is 2.63. The molecule has 0 saturated heterocycles. The zero-order valence-electron chi connectivity index (χ0n) is 11.6. The largest absolute Gasteiger partial charge is 0.314 e. The van der Waals surface area contributed by atoms with Crippen LogP contribution >= 0.6 is 0 Å². The van der Waals surface area contributed by atoms with Crippen molar-refractivity contribution in [2.24, 2.45) is 0 Å². The molecule has 5 nitrogen and oxygen atoms in total. The van der Waals surface area contributed by atoms with E-state index in [9.17, 15) is 13.2 Å². The number of benzene rings is 1. The van der Waals surface area contributed by atoms with Gasteiger partial charge in [-0.3, -0.25) is 4.79 Å². The summed E-state index contributed by atoms with van der Waals surface area (Å²) in [6, 6.07) is 6.74. The molecule has 6 heteroatoms. The zero-order valence-corrected chi connectivity index (χ0v) is 12.4. The molecule has 1 saturated carbocycles. The summed E-state index contributed by atoms with van der Waals surface area (Å²) in [4.78, 5) is 11.4. The molecule has 110 valence electrons. The minimum atomic E-state index is -3.53. The summed E-state index contributed by atoms with van der Waals surface area (Å²) in [5.41, 5.74) is 0.406. The molecule has 1 aromatic rings. The smallest absolute Gasteiger partial charge is 0.240 e. The maximum Gasteiger partial charge on any atom is 0.240 e. The lowest BCUT2D eigenvalue weighted by atomic mass is 10.2. The number of ketones is 1. The number of nitrogens with one attached hydrogen (secondary N) is 2. The molecule has 2 rings (SSSR count). The highest BCUT2D eigenvalue weighted by molar-refractivity contribution is 7.89. The fourth-order valence-electron chi connectivity index (χ4n) is 1.85. The van der Waals surface area contributed by atoms with E-state index < -0.39 is 10.0 Å². The molecular formula is C14H20N2O3S. The van der Waals surface area contributed by atoms with Crippen LogP contribution in [0.1, 0.15) is 36.5 Å². The molecule has 0 atom stereocenters. The van der Waals surface area contributed by atoms with Gasteiger partial charge in [0.2, 0.25) is 10.0 Å². The van der Waals surface area contributed by atoms with E-state index in [2.05, 4.69) is 10.0 Å². The second-order valence-corrected chi connectivity index (χ2v) is 6.83. The first-order valence-corrected chi connectivity index (χ1v) is 8.31. The van der Waals surface area contributed by atoms with Crippen molar-refractivity contribution < 1.29 is 13.2 Å². The van der Waals surface area contributed by atoms with Crippen LogP contribution < -0.4 is 10.0 Å². The van der Waals surface area contributed by atoms with Crippen molar-refractivity contribution in [3.05, 3.63) is 29.8 Å². The predicted octanol–water partition coefficient (Wildman–Crippen LogP) is 1.31. The van der Waals surface area contributed by atoms with Crippen molar-refractivity contribution in [3.8, 4) is 0 Å². The van der Waals surface area contributed by atoms with Crippen LogP contribution in [0.2, 0.25) is 0 Å². The van der Waals surface area contributed by atoms with Gasteiger partial charge in [-0.1, -0.05) is 12.1 Å². The van der Waals surface area contributed by atoms with Crippen LogP contribution in [0.5, 0.6) is 0 Å². The molecule has 2 N–H and O–H groups in total. The molecule has 0 spiro atoms. The topological polar surface area (TPSA) is 75.3 Å². The average molecular weight is 296 g/mol. The molecule has 0 bridgehead atoms. The maximum atomic E-state index is 12.1. The van der Waals surface area contributed by atoms with Gasteiger partial charge in [-0.15, -0.1) is 0 Å². The third-order valence-corrected chi connectivity index (χ3v) is 4.67. The van der Waals surface area contributed by atoms with Gasteiger partial charge in [-0.05, 0) is 44.9 Å². The highest BCUT2D eigenvalue weighted by Crippen LogP contribution is 2.18. The van der Waals surface area contributed by atoms with E-state index in [0.29, 0.717) is 18.2 Å². The van der Waals surface area contributed by atoms with Crippen molar-refractivity contribution in [2.75, 3.05) is 13.1 Å². The Morgan fingerprint density at radius 2 is 2.05 bits per heavy atom. The van der Waals surface area contributed by atoms with Gasteiger partial charge in [0.05, 0.1) is 4.90 Å². The van der Waals surface area contributed by atoms with Crippen LogP contribution in [0.15, 0.2) is 29.2 Å². The van der Waals surface area contributed by atoms with E-state index in [1.807, 2.05) is 0 Å². The first-order valence-electron chi connectivity index (χ1n) is 6.83. The van der Waals surface area contributed by atoms with Crippen LogP contribution in [0, 0.1) is 0 Å². The van der Waals surface area contributed by atoms with Gasteiger partial charge in [0.25, 0.3) is 0 Å². The first kappa shape index (κ1) is 15.2. The zero-order chi connectivity index (χ0) is 14.6. The number of carbonyl (C=O) groups is 1. The molecule has 0 unspecified atom stereocenters. The third kappa shape index (κ3) is 4.40. The molecule has 1 fully saturated rings. The third-order valence-electron chi connectivity index (χ3n) is 3.21. The quantitative estimate of drug-likeness (QED) is 0.560. The molecule has 1 aliphatic rings. The lowest BCUT2D eigenvalue weighted by Crippen LogP contribution is -2.28. The van der Waals surface area contributed by atoms with Gasteiger partial charge in [0, 0.05) is 18.2 Å². The Kier molecular flexibility index (Phi) is 4.91. The van der Waals surface area contributed by atoms with Crippen LogP contribution in [0.25, 0.3) is 0 Å². The van der Waals surface area contributed by atoms with E-state index >= 15 is 0 Å². The minimum absolute atomic E-state index is 0.139. The van der Waals surface area contributed by atoms with Crippen molar-refractivity contribution in [1.82, 2.24) is 10.0 Å². The van der Waals surface area contributed by atoms with E-state index in [0.717, 1.165) is 13.0 Å². The molecule has 20 heavy (non-hydrogen) atoms. The Morgan fingerprint density at radius 1 is 1.30 bits per heavy atom. The molecule has 0 heterocycles. The van der Waals surface area contributed by atoms with Crippen LogP contribution in [0.4, 0.5) is 0 Å². The Bertz CT molecular complexity index is 580. The number of carbonyl (C=O) groups excluding carboxylic acids is 1. The van der Waals surface area contributed by atoms with Gasteiger partial charge in [0.1, 0.15) is 0 Å². The van der Waals surface area contributed by atoms with Gasteiger partial charge in [-0.2, -0.15) is 0 Å². The molecule has 0 radical (unpaired) electrons. The van der Waals surface area contributed by atoms with Crippen LogP contribution in [-0.4, -0.2) is 33.3 Å². The summed E-state index contributed by atoms with van der Waals surface area (Å²) < 4.78 is 26.7. The highest BCUT2D eigenvalue weighted by atomic mass is 32.2. The standard InChI is InChI=1S/C14H20N2O3S/c1-11(17)12-4-2-5-14(10-12)20(18,19)16-9-3-8-15-13-6-7-13/h2,4-5,10,13,15-16H,3,6-9H2,1H3. The van der Waals surface area contributed by atoms with Crippen molar-refractivity contribution >= 4 is 15.8 Å². The van der Waals surface area contributed by atoms with Gasteiger partial charge in [-0.25, -0.2) is 13.1 Å². The Morgan fingerprint density at radius 3 is 2.70 bits per heavy atom. The predicted molar refractivity (Wildman–Crippen MR) is 77.3 cm³/mol. The second-order valence-electron chi connectivity index (χ2n) is 5.06. The van der Waals surface area contributed by atoms with Crippen molar-refractivity contribution in [3.63, 3.8) is 0 Å². The molecule has 0 amide bonds. The number of hydrogen-bond donors (Lipinski definition) is 2. The number of Topliss-reactive ketones (excluding diaryl/α,β-unsaturated/α-hetero) is 1. The summed E-state index contributed by atoms with van der Waals surface area (Å²) in [5, 5.41) is 3.33. The number of rotatable bonds is 8. The first-order chi connectivity index (χ1) is 9.49. The maximum absolute atomic E-state index is 12.1. The van der Waals surface area contributed by atoms with E-state index in [4.69, 9.17) is 0 Å². The lowest BCUT2D eigenvalue weighted by molar-refractivity contribution is 0.101. The Labute approximate surface area is 119 Å². The van der Waals surface area contributed by atoms with E-state index in [1.54, 1.807) is 12.1 Å². The van der Waals surface area contributed by atoms with E-state index in [1.165, 1.54) is 31.9 Å². The highest BCUT2D eigenvalue weighted by Gasteiger charge is 2.19. The summed E-state index contributed by atoms with van der Waals surface area (Å²) in [5.74, 6) is -0.143. The minimum Gasteiger partial charge on any atom is -0.314 e. The second kappa shape index (κ2) is 6.47. The SMILES string of the molecule is CC(=O)c1cccc(S(=O)(=O)NCCCNC2CC2)c1. The van der Waals surface area contributed by atoms with E-state index in [-0.39, 0.29) is 10.7 Å². The lowest BCUT2D eigenvalue weighted by Gasteiger charge is -2.08. The van der Waals surface area contributed by atoms with Gasteiger partial charge < -0.3 is 5.32 Å². The molecule has 1 aliphatic carbocycles. The molecular weight excluding hydrogens is 276 g/mol. The molecule has 0 aromatic heterocycles. The van der Waals surface area contributed by atoms with Gasteiger partial charge in [0.15, 0.2) is 5.78 Å². The molecule has 1 aromatic carbocycles. The number of hydrogen-bond acceptors (Lipinski definition) is 4. The van der Waals surface area contributed by atoms with Crippen molar-refractivity contribution in [2.45, 2.75) is 37.1 Å². The summed E-state index contributed by atoms with van der Waals surface area (Å²) in [6.07, 6.45) is 3.20. The summed E-state index contributed by atoms with van der Waals surface area (Å²) >= 11 is 0. The normalized spacial score (nSPS) is 15.2. The monoisotopic (exact) mass is 296 g/mol.